The van der Waals surface area contributed by atoms with Crippen molar-refractivity contribution in [3.05, 3.63) is 24.3 Å². The predicted molar refractivity (Wildman–Crippen MR) is 76.2 cm³/mol. The first-order chi connectivity index (χ1) is 8.66. The average molecular weight is 265 g/mol. The molecule has 18 heavy (non-hydrogen) atoms. The Kier molecular flexibility index (Phi) is 4.53. The minimum Gasteiger partial charge on any atom is -0.508 e. The third-order valence-electron chi connectivity index (χ3n) is 3.40. The minimum absolute atomic E-state index is 0.137. The lowest BCUT2D eigenvalue weighted by molar-refractivity contribution is -0.119. The van der Waals surface area contributed by atoms with Gasteiger partial charge < -0.3 is 10.0 Å². The number of thioether (sulfide) groups is 1. The van der Waals surface area contributed by atoms with Crippen molar-refractivity contribution in [1.82, 2.24) is 0 Å². The van der Waals surface area contributed by atoms with E-state index in [-0.39, 0.29) is 11.7 Å². The summed E-state index contributed by atoms with van der Waals surface area (Å²) < 4.78 is 0. The monoisotopic (exact) mass is 265 g/mol. The highest BCUT2D eigenvalue weighted by Gasteiger charge is 2.20. The Balaban J connectivity index is 1.95. The summed E-state index contributed by atoms with van der Waals surface area (Å²) in [7, 11) is 1.77. The summed E-state index contributed by atoms with van der Waals surface area (Å²) >= 11 is 1.97. The first kappa shape index (κ1) is 13.3. The molecule has 0 bridgehead atoms. The summed E-state index contributed by atoms with van der Waals surface area (Å²) in [5, 5.41) is 9.42. The SMILES string of the molecule is CN(C(=O)CC1CCSCC1)c1cccc(O)c1. The Hall–Kier alpha value is -1.16. The maximum Gasteiger partial charge on any atom is 0.226 e. The molecule has 1 aliphatic heterocycles. The van der Waals surface area contributed by atoms with Crippen LogP contribution in [0.4, 0.5) is 5.69 Å². The van der Waals surface area contributed by atoms with Crippen molar-refractivity contribution in [2.45, 2.75) is 19.3 Å². The van der Waals surface area contributed by atoms with Crippen LogP contribution < -0.4 is 4.90 Å². The van der Waals surface area contributed by atoms with Gasteiger partial charge in [-0.05, 0) is 42.4 Å². The Morgan fingerprint density at radius 3 is 2.83 bits per heavy atom. The molecule has 0 unspecified atom stereocenters. The quantitative estimate of drug-likeness (QED) is 0.913. The maximum absolute atomic E-state index is 12.2. The molecule has 98 valence electrons. The molecule has 1 fully saturated rings. The first-order valence-electron chi connectivity index (χ1n) is 6.30. The van der Waals surface area contributed by atoms with E-state index in [0.717, 1.165) is 18.5 Å². The van der Waals surface area contributed by atoms with Gasteiger partial charge >= 0.3 is 0 Å². The Labute approximate surface area is 112 Å². The molecular formula is C14H19NO2S. The molecule has 0 saturated carbocycles. The largest absolute Gasteiger partial charge is 0.508 e. The van der Waals surface area contributed by atoms with Crippen molar-refractivity contribution in [3.63, 3.8) is 0 Å². The molecule has 3 nitrogen and oxygen atoms in total. The number of amides is 1. The number of anilines is 1. The van der Waals surface area contributed by atoms with Crippen LogP contribution in [-0.4, -0.2) is 29.6 Å². The Morgan fingerprint density at radius 1 is 1.44 bits per heavy atom. The normalized spacial score (nSPS) is 16.5. The van der Waals surface area contributed by atoms with E-state index in [1.165, 1.54) is 11.5 Å². The molecule has 0 radical (unpaired) electrons. The lowest BCUT2D eigenvalue weighted by atomic mass is 9.98. The molecule has 1 N–H and O–H groups in total. The van der Waals surface area contributed by atoms with E-state index >= 15 is 0 Å². The molecule has 1 saturated heterocycles. The molecular weight excluding hydrogens is 246 g/mol. The fourth-order valence-electron chi connectivity index (χ4n) is 2.18. The summed E-state index contributed by atoms with van der Waals surface area (Å²) in [4.78, 5) is 13.8. The van der Waals surface area contributed by atoms with Gasteiger partial charge in [0.1, 0.15) is 5.75 Å². The van der Waals surface area contributed by atoms with E-state index in [1.54, 1.807) is 30.1 Å². The van der Waals surface area contributed by atoms with Gasteiger partial charge in [0.05, 0.1) is 0 Å². The predicted octanol–water partition coefficient (Wildman–Crippen LogP) is 2.89. The van der Waals surface area contributed by atoms with Crippen molar-refractivity contribution >= 4 is 23.4 Å². The van der Waals surface area contributed by atoms with Crippen LogP contribution in [-0.2, 0) is 4.79 Å². The number of hydrogen-bond donors (Lipinski definition) is 1. The maximum atomic E-state index is 12.2. The van der Waals surface area contributed by atoms with Crippen molar-refractivity contribution in [3.8, 4) is 5.75 Å². The van der Waals surface area contributed by atoms with E-state index in [1.807, 2.05) is 17.8 Å². The molecule has 2 rings (SSSR count). The third kappa shape index (κ3) is 3.42. The van der Waals surface area contributed by atoms with Crippen molar-refractivity contribution in [2.24, 2.45) is 5.92 Å². The number of benzene rings is 1. The number of carbonyl (C=O) groups is 1. The number of hydrogen-bond acceptors (Lipinski definition) is 3. The van der Waals surface area contributed by atoms with Gasteiger partial charge in [-0.3, -0.25) is 4.79 Å². The smallest absolute Gasteiger partial charge is 0.226 e. The number of carbonyl (C=O) groups excluding carboxylic acids is 1. The number of rotatable bonds is 3. The van der Waals surface area contributed by atoms with E-state index in [4.69, 9.17) is 0 Å². The van der Waals surface area contributed by atoms with Gasteiger partial charge in [-0.25, -0.2) is 0 Å². The molecule has 4 heteroatoms. The van der Waals surface area contributed by atoms with Gasteiger partial charge in [0, 0.05) is 25.2 Å². The lowest BCUT2D eigenvalue weighted by Gasteiger charge is -2.24. The van der Waals surface area contributed by atoms with Gasteiger partial charge in [-0.1, -0.05) is 6.07 Å². The molecule has 1 amide bonds. The van der Waals surface area contributed by atoms with Gasteiger partial charge in [0.15, 0.2) is 0 Å². The van der Waals surface area contributed by atoms with Gasteiger partial charge in [0.25, 0.3) is 0 Å². The summed E-state index contributed by atoms with van der Waals surface area (Å²) in [6.07, 6.45) is 2.90. The molecule has 1 aromatic rings. The van der Waals surface area contributed by atoms with Crippen LogP contribution in [0.5, 0.6) is 5.75 Å². The first-order valence-corrected chi connectivity index (χ1v) is 7.45. The second-order valence-corrected chi connectivity index (χ2v) is 5.96. The molecule has 1 aliphatic rings. The second kappa shape index (κ2) is 6.14. The van der Waals surface area contributed by atoms with Crippen LogP contribution in [0.1, 0.15) is 19.3 Å². The van der Waals surface area contributed by atoms with E-state index in [9.17, 15) is 9.90 Å². The fourth-order valence-corrected chi connectivity index (χ4v) is 3.38. The standard InChI is InChI=1S/C14H19NO2S/c1-15(12-3-2-4-13(16)10-12)14(17)9-11-5-7-18-8-6-11/h2-4,10-11,16H,5-9H2,1H3. The highest BCUT2D eigenvalue weighted by molar-refractivity contribution is 7.99. The number of aromatic hydroxyl groups is 1. The summed E-state index contributed by atoms with van der Waals surface area (Å²) in [5.41, 5.74) is 0.755. The molecule has 0 atom stereocenters. The highest BCUT2D eigenvalue weighted by atomic mass is 32.2. The van der Waals surface area contributed by atoms with E-state index < -0.39 is 0 Å². The van der Waals surface area contributed by atoms with Crippen LogP contribution in [0.3, 0.4) is 0 Å². The van der Waals surface area contributed by atoms with Crippen LogP contribution in [0, 0.1) is 5.92 Å². The van der Waals surface area contributed by atoms with Crippen molar-refractivity contribution < 1.29 is 9.90 Å². The van der Waals surface area contributed by atoms with Gasteiger partial charge in [-0.15, -0.1) is 0 Å². The summed E-state index contributed by atoms with van der Waals surface area (Å²) in [6.45, 7) is 0. The minimum atomic E-state index is 0.137. The number of phenolic OH excluding ortho intramolecular Hbond substituents is 1. The van der Waals surface area contributed by atoms with Crippen molar-refractivity contribution in [1.29, 1.82) is 0 Å². The summed E-state index contributed by atoms with van der Waals surface area (Å²) in [6, 6.07) is 6.83. The zero-order valence-corrected chi connectivity index (χ0v) is 11.4. The lowest BCUT2D eigenvalue weighted by Crippen LogP contribution is -2.29. The van der Waals surface area contributed by atoms with Crippen LogP contribution in [0.25, 0.3) is 0 Å². The fraction of sp³-hybridized carbons (Fsp3) is 0.500. The zero-order chi connectivity index (χ0) is 13.0. The topological polar surface area (TPSA) is 40.5 Å². The van der Waals surface area contributed by atoms with Gasteiger partial charge in [0.2, 0.25) is 5.91 Å². The zero-order valence-electron chi connectivity index (χ0n) is 10.6. The van der Waals surface area contributed by atoms with Crippen LogP contribution in [0.2, 0.25) is 0 Å². The molecule has 1 heterocycles. The highest BCUT2D eigenvalue weighted by Crippen LogP contribution is 2.27. The number of phenols is 1. The summed E-state index contributed by atoms with van der Waals surface area (Å²) in [5.74, 6) is 3.21. The van der Waals surface area contributed by atoms with E-state index in [0.29, 0.717) is 12.3 Å². The van der Waals surface area contributed by atoms with Gasteiger partial charge in [-0.2, -0.15) is 11.8 Å². The molecule has 0 spiro atoms. The molecule has 1 aromatic carbocycles. The average Bonchev–Trinajstić information content (AvgIpc) is 2.39. The van der Waals surface area contributed by atoms with Crippen LogP contribution >= 0.6 is 11.8 Å². The van der Waals surface area contributed by atoms with E-state index in [2.05, 4.69) is 0 Å². The third-order valence-corrected chi connectivity index (χ3v) is 4.44. The molecule has 0 aromatic heterocycles. The second-order valence-electron chi connectivity index (χ2n) is 4.73. The Morgan fingerprint density at radius 2 is 2.17 bits per heavy atom. The number of nitrogens with zero attached hydrogens (tertiary/aromatic N) is 1. The van der Waals surface area contributed by atoms with Crippen molar-refractivity contribution in [2.75, 3.05) is 23.5 Å². The Bertz CT molecular complexity index is 416. The van der Waals surface area contributed by atoms with Crippen LogP contribution in [0.15, 0.2) is 24.3 Å². The molecule has 0 aliphatic carbocycles.